The molecule has 3 rings (SSSR count). The van der Waals surface area contributed by atoms with Crippen LogP contribution in [0.4, 0.5) is 5.69 Å². The summed E-state index contributed by atoms with van der Waals surface area (Å²) in [6.07, 6.45) is 2.60. The molecule has 1 saturated heterocycles. The van der Waals surface area contributed by atoms with Crippen LogP contribution in [0.1, 0.15) is 12.8 Å². The van der Waals surface area contributed by atoms with Crippen LogP contribution in [0.2, 0.25) is 0 Å². The summed E-state index contributed by atoms with van der Waals surface area (Å²) >= 11 is 0. The van der Waals surface area contributed by atoms with Gasteiger partial charge in [0, 0.05) is 29.6 Å². The van der Waals surface area contributed by atoms with Gasteiger partial charge in [-0.2, -0.15) is 0 Å². The molecule has 0 aliphatic carbocycles. The molecule has 1 heterocycles. The van der Waals surface area contributed by atoms with E-state index in [9.17, 15) is 5.11 Å². The summed E-state index contributed by atoms with van der Waals surface area (Å²) in [6.45, 7) is 1.71. The van der Waals surface area contributed by atoms with Crippen molar-refractivity contribution in [2.45, 2.75) is 18.9 Å². The molecule has 3 heteroatoms. The minimum absolute atomic E-state index is 0.317. The van der Waals surface area contributed by atoms with Crippen molar-refractivity contribution in [3.63, 3.8) is 0 Å². The predicted octanol–water partition coefficient (Wildman–Crippen LogP) is 3.14. The number of hydrogen-bond donors (Lipinski definition) is 2. The number of phenolic OH excluding ortho intramolecular Hbond substituents is 1. The van der Waals surface area contributed by atoms with Crippen molar-refractivity contribution in [3.05, 3.63) is 36.4 Å². The summed E-state index contributed by atoms with van der Waals surface area (Å²) in [5.74, 6) is 0.327. The molecule has 94 valence electrons. The van der Waals surface area contributed by atoms with Gasteiger partial charge in [-0.1, -0.05) is 24.3 Å². The number of fused-ring (bicyclic) bond motifs is 1. The molecule has 0 saturated carbocycles. The SMILES string of the molecule is Oc1cccc2c(NCC3CCCO3)cccc12. The Morgan fingerprint density at radius 3 is 2.83 bits per heavy atom. The number of aromatic hydroxyl groups is 1. The lowest BCUT2D eigenvalue weighted by molar-refractivity contribution is 0.120. The van der Waals surface area contributed by atoms with E-state index >= 15 is 0 Å². The molecule has 0 spiro atoms. The zero-order chi connectivity index (χ0) is 12.4. The topological polar surface area (TPSA) is 41.5 Å². The maximum Gasteiger partial charge on any atom is 0.123 e. The molecule has 0 aromatic heterocycles. The monoisotopic (exact) mass is 243 g/mol. The summed E-state index contributed by atoms with van der Waals surface area (Å²) < 4.78 is 5.60. The molecule has 1 unspecified atom stereocenters. The van der Waals surface area contributed by atoms with Crippen LogP contribution in [0, 0.1) is 0 Å². The number of rotatable bonds is 3. The smallest absolute Gasteiger partial charge is 0.123 e. The molecule has 0 bridgehead atoms. The van der Waals surface area contributed by atoms with Crippen molar-refractivity contribution < 1.29 is 9.84 Å². The normalized spacial score (nSPS) is 19.2. The Labute approximate surface area is 106 Å². The Bertz CT molecular complexity index is 547. The maximum atomic E-state index is 9.82. The van der Waals surface area contributed by atoms with Gasteiger partial charge in [-0.15, -0.1) is 0 Å². The van der Waals surface area contributed by atoms with Crippen LogP contribution in [-0.2, 0) is 4.74 Å². The highest BCUT2D eigenvalue weighted by molar-refractivity contribution is 5.97. The molecule has 1 aliphatic rings. The molecule has 1 aliphatic heterocycles. The highest BCUT2D eigenvalue weighted by Crippen LogP contribution is 2.29. The van der Waals surface area contributed by atoms with Gasteiger partial charge in [-0.25, -0.2) is 0 Å². The third kappa shape index (κ3) is 2.14. The van der Waals surface area contributed by atoms with E-state index in [2.05, 4.69) is 5.32 Å². The van der Waals surface area contributed by atoms with Gasteiger partial charge < -0.3 is 15.2 Å². The molecular weight excluding hydrogens is 226 g/mol. The number of nitrogens with one attached hydrogen (secondary N) is 1. The second-order valence-electron chi connectivity index (χ2n) is 4.69. The number of anilines is 1. The van der Waals surface area contributed by atoms with E-state index < -0.39 is 0 Å². The minimum Gasteiger partial charge on any atom is -0.507 e. The number of phenols is 1. The van der Waals surface area contributed by atoms with E-state index in [1.54, 1.807) is 6.07 Å². The Hall–Kier alpha value is -1.74. The van der Waals surface area contributed by atoms with E-state index in [-0.39, 0.29) is 0 Å². The predicted molar refractivity (Wildman–Crippen MR) is 73.1 cm³/mol. The Balaban J connectivity index is 1.85. The lowest BCUT2D eigenvalue weighted by Crippen LogP contribution is -2.18. The Kier molecular flexibility index (Phi) is 3.07. The Morgan fingerprint density at radius 2 is 2.00 bits per heavy atom. The fourth-order valence-corrected chi connectivity index (χ4v) is 2.48. The quantitative estimate of drug-likeness (QED) is 0.870. The highest BCUT2D eigenvalue weighted by Gasteiger charge is 2.15. The van der Waals surface area contributed by atoms with E-state index in [0.717, 1.165) is 42.5 Å². The first-order valence-electron chi connectivity index (χ1n) is 6.41. The zero-order valence-electron chi connectivity index (χ0n) is 10.2. The van der Waals surface area contributed by atoms with Crippen molar-refractivity contribution in [1.82, 2.24) is 0 Å². The second kappa shape index (κ2) is 4.86. The van der Waals surface area contributed by atoms with Gasteiger partial charge in [0.05, 0.1) is 6.10 Å². The van der Waals surface area contributed by atoms with Crippen molar-refractivity contribution in [2.24, 2.45) is 0 Å². The van der Waals surface area contributed by atoms with Crippen molar-refractivity contribution in [3.8, 4) is 5.75 Å². The maximum absolute atomic E-state index is 9.82. The van der Waals surface area contributed by atoms with E-state index in [1.165, 1.54) is 0 Å². The highest BCUT2D eigenvalue weighted by atomic mass is 16.5. The van der Waals surface area contributed by atoms with Crippen molar-refractivity contribution >= 4 is 16.5 Å². The average molecular weight is 243 g/mol. The van der Waals surface area contributed by atoms with Crippen LogP contribution in [0.15, 0.2) is 36.4 Å². The standard InChI is InChI=1S/C15H17NO2/c17-15-8-2-5-12-13(15)6-1-7-14(12)16-10-11-4-3-9-18-11/h1-2,5-8,11,16-17H,3-4,9-10H2. The first-order valence-corrected chi connectivity index (χ1v) is 6.41. The lowest BCUT2D eigenvalue weighted by atomic mass is 10.1. The van der Waals surface area contributed by atoms with Gasteiger partial charge in [0.2, 0.25) is 0 Å². The summed E-state index contributed by atoms with van der Waals surface area (Å²) in [5.41, 5.74) is 1.05. The molecule has 2 aromatic rings. The van der Waals surface area contributed by atoms with Crippen LogP contribution >= 0.6 is 0 Å². The molecule has 3 nitrogen and oxygen atoms in total. The zero-order valence-corrected chi connectivity index (χ0v) is 10.2. The fraction of sp³-hybridized carbons (Fsp3) is 0.333. The second-order valence-corrected chi connectivity index (χ2v) is 4.69. The number of benzene rings is 2. The molecule has 2 aromatic carbocycles. The first kappa shape index (κ1) is 11.4. The third-order valence-electron chi connectivity index (χ3n) is 3.44. The van der Waals surface area contributed by atoms with Crippen molar-refractivity contribution in [1.29, 1.82) is 0 Å². The van der Waals surface area contributed by atoms with Gasteiger partial charge in [0.1, 0.15) is 5.75 Å². The molecule has 1 atom stereocenters. The fourth-order valence-electron chi connectivity index (χ4n) is 2.48. The van der Waals surface area contributed by atoms with Gasteiger partial charge in [0.25, 0.3) is 0 Å². The largest absolute Gasteiger partial charge is 0.507 e. The van der Waals surface area contributed by atoms with Crippen LogP contribution in [-0.4, -0.2) is 24.4 Å². The number of ether oxygens (including phenoxy) is 1. The molecule has 2 N–H and O–H groups in total. The Morgan fingerprint density at radius 1 is 1.17 bits per heavy atom. The molecule has 0 radical (unpaired) electrons. The van der Waals surface area contributed by atoms with Gasteiger partial charge in [-0.3, -0.25) is 0 Å². The molecule has 1 fully saturated rings. The molecular formula is C15H17NO2. The summed E-state index contributed by atoms with van der Waals surface area (Å²) in [7, 11) is 0. The first-order chi connectivity index (χ1) is 8.84. The van der Waals surface area contributed by atoms with E-state index in [4.69, 9.17) is 4.74 Å². The van der Waals surface area contributed by atoms with E-state index in [0.29, 0.717) is 11.9 Å². The van der Waals surface area contributed by atoms with Crippen LogP contribution in [0.25, 0.3) is 10.8 Å². The molecule has 18 heavy (non-hydrogen) atoms. The van der Waals surface area contributed by atoms with Gasteiger partial charge in [0.15, 0.2) is 0 Å². The van der Waals surface area contributed by atoms with Gasteiger partial charge >= 0.3 is 0 Å². The third-order valence-corrected chi connectivity index (χ3v) is 3.44. The van der Waals surface area contributed by atoms with Crippen LogP contribution in [0.5, 0.6) is 5.75 Å². The van der Waals surface area contributed by atoms with Crippen LogP contribution in [0.3, 0.4) is 0 Å². The number of hydrogen-bond acceptors (Lipinski definition) is 3. The summed E-state index contributed by atoms with van der Waals surface area (Å²) in [6, 6.07) is 11.5. The summed E-state index contributed by atoms with van der Waals surface area (Å²) in [4.78, 5) is 0. The lowest BCUT2D eigenvalue weighted by Gasteiger charge is -2.14. The van der Waals surface area contributed by atoms with Crippen LogP contribution < -0.4 is 5.32 Å². The average Bonchev–Trinajstić information content (AvgIpc) is 2.90. The van der Waals surface area contributed by atoms with E-state index in [1.807, 2.05) is 30.3 Å². The summed E-state index contributed by atoms with van der Waals surface area (Å²) in [5, 5.41) is 15.2. The van der Waals surface area contributed by atoms with Crippen molar-refractivity contribution in [2.75, 3.05) is 18.5 Å². The minimum atomic E-state index is 0.317. The molecule has 0 amide bonds. The van der Waals surface area contributed by atoms with Gasteiger partial charge in [-0.05, 0) is 25.0 Å².